The summed E-state index contributed by atoms with van der Waals surface area (Å²) in [5, 5.41) is 0. The fourth-order valence-corrected chi connectivity index (χ4v) is 2.88. The van der Waals surface area contributed by atoms with E-state index in [0.717, 1.165) is 19.6 Å². The van der Waals surface area contributed by atoms with Crippen molar-refractivity contribution in [3.8, 4) is 0 Å². The zero-order valence-corrected chi connectivity index (χ0v) is 10.8. The highest BCUT2D eigenvalue weighted by Crippen LogP contribution is 2.35. The summed E-state index contributed by atoms with van der Waals surface area (Å²) in [6.07, 6.45) is 1.82. The smallest absolute Gasteiger partial charge is 0.411 e. The van der Waals surface area contributed by atoms with E-state index in [1.807, 2.05) is 6.82 Å². The van der Waals surface area contributed by atoms with Gasteiger partial charge in [-0.15, -0.1) is 0 Å². The van der Waals surface area contributed by atoms with Gasteiger partial charge in [0.25, 0.3) is 0 Å². The van der Waals surface area contributed by atoms with Crippen LogP contribution in [0.3, 0.4) is 0 Å². The molecule has 4 heteroatoms. The molecular formula is C12H23BO3. The van der Waals surface area contributed by atoms with Crippen LogP contribution in [0, 0.1) is 17.8 Å². The Balaban J connectivity index is 2.02. The summed E-state index contributed by atoms with van der Waals surface area (Å²) in [7, 11) is -0.0495. The van der Waals surface area contributed by atoms with E-state index in [1.165, 1.54) is 0 Å². The zero-order valence-electron chi connectivity index (χ0n) is 10.8. The Morgan fingerprint density at radius 2 is 1.81 bits per heavy atom. The van der Waals surface area contributed by atoms with Crippen LogP contribution in [0.5, 0.6) is 0 Å². The summed E-state index contributed by atoms with van der Waals surface area (Å²) >= 11 is 0. The third kappa shape index (κ3) is 2.61. The summed E-state index contributed by atoms with van der Waals surface area (Å²) in [5.41, 5.74) is 0. The lowest BCUT2D eigenvalue weighted by atomic mass is 9.76. The molecule has 0 N–H and O–H groups in total. The molecule has 0 amide bonds. The first-order chi connectivity index (χ1) is 7.58. The fraction of sp³-hybridized carbons (Fsp3) is 1.00. The van der Waals surface area contributed by atoms with Crippen molar-refractivity contribution in [1.29, 1.82) is 0 Å². The van der Waals surface area contributed by atoms with Crippen molar-refractivity contribution in [2.75, 3.05) is 13.2 Å². The van der Waals surface area contributed by atoms with Crippen molar-refractivity contribution < 1.29 is 14.0 Å². The number of rotatable bonds is 1. The maximum absolute atomic E-state index is 5.98. The Morgan fingerprint density at radius 1 is 1.06 bits per heavy atom. The highest BCUT2D eigenvalue weighted by Gasteiger charge is 2.39. The molecule has 2 saturated heterocycles. The topological polar surface area (TPSA) is 27.7 Å². The van der Waals surface area contributed by atoms with Crippen molar-refractivity contribution in [2.24, 2.45) is 17.8 Å². The number of ether oxygens (including phenoxy) is 1. The Bertz CT molecular complexity index is 212. The molecule has 0 aliphatic carbocycles. The molecule has 0 bridgehead atoms. The molecule has 5 unspecified atom stereocenters. The quantitative estimate of drug-likeness (QED) is 0.641. The van der Waals surface area contributed by atoms with Gasteiger partial charge in [-0.2, -0.15) is 0 Å². The summed E-state index contributed by atoms with van der Waals surface area (Å²) in [6.45, 7) is 10.3. The first kappa shape index (κ1) is 12.4. The van der Waals surface area contributed by atoms with Gasteiger partial charge >= 0.3 is 7.12 Å². The van der Waals surface area contributed by atoms with Gasteiger partial charge in [0.1, 0.15) is 0 Å². The molecule has 0 radical (unpaired) electrons. The third-order valence-corrected chi connectivity index (χ3v) is 3.90. The molecule has 0 spiro atoms. The van der Waals surface area contributed by atoms with Crippen LogP contribution >= 0.6 is 0 Å². The van der Waals surface area contributed by atoms with E-state index < -0.39 is 0 Å². The molecule has 2 fully saturated rings. The van der Waals surface area contributed by atoms with Gasteiger partial charge in [-0.05, 0) is 32.0 Å². The first-order valence-corrected chi connectivity index (χ1v) is 6.46. The summed E-state index contributed by atoms with van der Waals surface area (Å²) in [4.78, 5) is 0. The number of hydrogen-bond acceptors (Lipinski definition) is 3. The standard InChI is InChI=1S/C12H23BO3/c1-8-6-14-10(3)5-11(8)12-9(2)7-15-13(4)16-12/h8-12H,5-7H2,1-4H3. The second-order valence-electron chi connectivity index (χ2n) is 5.50. The molecule has 0 aromatic rings. The minimum Gasteiger partial charge on any atom is -0.411 e. The Hall–Kier alpha value is -0.0551. The molecule has 16 heavy (non-hydrogen) atoms. The van der Waals surface area contributed by atoms with Gasteiger partial charge in [-0.1, -0.05) is 13.8 Å². The largest absolute Gasteiger partial charge is 0.453 e. The second kappa shape index (κ2) is 5.07. The molecular weight excluding hydrogens is 203 g/mol. The minimum atomic E-state index is -0.0495. The van der Waals surface area contributed by atoms with Gasteiger partial charge in [-0.3, -0.25) is 0 Å². The third-order valence-electron chi connectivity index (χ3n) is 3.90. The maximum atomic E-state index is 5.98. The molecule has 0 aromatic heterocycles. The predicted molar refractivity (Wildman–Crippen MR) is 64.3 cm³/mol. The van der Waals surface area contributed by atoms with Crippen LogP contribution in [0.1, 0.15) is 27.2 Å². The van der Waals surface area contributed by atoms with Crippen molar-refractivity contribution >= 4 is 7.12 Å². The average Bonchev–Trinajstić information content (AvgIpc) is 2.25. The van der Waals surface area contributed by atoms with Gasteiger partial charge in [0, 0.05) is 19.1 Å². The first-order valence-electron chi connectivity index (χ1n) is 6.46. The van der Waals surface area contributed by atoms with Crippen LogP contribution in [-0.2, 0) is 14.0 Å². The Labute approximate surface area is 99.0 Å². The molecule has 5 atom stereocenters. The lowest BCUT2D eigenvalue weighted by molar-refractivity contribution is -0.0961. The monoisotopic (exact) mass is 226 g/mol. The second-order valence-corrected chi connectivity index (χ2v) is 5.50. The average molecular weight is 226 g/mol. The van der Waals surface area contributed by atoms with E-state index in [4.69, 9.17) is 14.0 Å². The molecule has 2 rings (SSSR count). The van der Waals surface area contributed by atoms with Gasteiger partial charge in [-0.25, -0.2) is 0 Å². The van der Waals surface area contributed by atoms with Crippen LogP contribution in [0.15, 0.2) is 0 Å². The van der Waals surface area contributed by atoms with Crippen molar-refractivity contribution in [3.63, 3.8) is 0 Å². The van der Waals surface area contributed by atoms with Crippen molar-refractivity contribution in [2.45, 2.75) is 46.2 Å². The lowest BCUT2D eigenvalue weighted by Gasteiger charge is -2.43. The highest BCUT2D eigenvalue weighted by molar-refractivity contribution is 6.42. The SMILES string of the molecule is CB1OCC(C)C(C2CC(C)OCC2C)O1. The van der Waals surface area contributed by atoms with Gasteiger partial charge in [0.15, 0.2) is 0 Å². The normalized spacial score (nSPS) is 45.8. The molecule has 0 aromatic carbocycles. The lowest BCUT2D eigenvalue weighted by Crippen LogP contribution is -2.48. The highest BCUT2D eigenvalue weighted by atomic mass is 16.6. The van der Waals surface area contributed by atoms with E-state index >= 15 is 0 Å². The van der Waals surface area contributed by atoms with Crippen LogP contribution in [0.4, 0.5) is 0 Å². The number of hydrogen-bond donors (Lipinski definition) is 0. The van der Waals surface area contributed by atoms with Crippen LogP contribution in [0.2, 0.25) is 6.82 Å². The van der Waals surface area contributed by atoms with Crippen LogP contribution in [-0.4, -0.2) is 32.5 Å². The van der Waals surface area contributed by atoms with E-state index in [9.17, 15) is 0 Å². The molecule has 2 aliphatic heterocycles. The maximum Gasteiger partial charge on any atom is 0.453 e. The van der Waals surface area contributed by atoms with Gasteiger partial charge in [0.05, 0.1) is 12.2 Å². The van der Waals surface area contributed by atoms with E-state index in [2.05, 4.69) is 20.8 Å². The van der Waals surface area contributed by atoms with Gasteiger partial charge < -0.3 is 14.0 Å². The fourth-order valence-electron chi connectivity index (χ4n) is 2.88. The molecule has 2 heterocycles. The van der Waals surface area contributed by atoms with Crippen molar-refractivity contribution in [3.05, 3.63) is 0 Å². The van der Waals surface area contributed by atoms with E-state index in [0.29, 0.717) is 30.0 Å². The molecule has 3 nitrogen and oxygen atoms in total. The molecule has 92 valence electrons. The Morgan fingerprint density at radius 3 is 2.56 bits per heavy atom. The Kier molecular flexibility index (Phi) is 3.93. The zero-order chi connectivity index (χ0) is 11.7. The summed E-state index contributed by atoms with van der Waals surface area (Å²) in [6, 6.07) is 0. The van der Waals surface area contributed by atoms with Gasteiger partial charge in [0.2, 0.25) is 0 Å². The van der Waals surface area contributed by atoms with Crippen LogP contribution < -0.4 is 0 Å². The van der Waals surface area contributed by atoms with Crippen molar-refractivity contribution in [1.82, 2.24) is 0 Å². The molecule has 0 saturated carbocycles. The van der Waals surface area contributed by atoms with E-state index in [-0.39, 0.29) is 7.12 Å². The van der Waals surface area contributed by atoms with E-state index in [1.54, 1.807) is 0 Å². The predicted octanol–water partition coefficient (Wildman–Crippen LogP) is 2.22. The summed E-state index contributed by atoms with van der Waals surface area (Å²) in [5.74, 6) is 1.70. The minimum absolute atomic E-state index is 0.0495. The summed E-state index contributed by atoms with van der Waals surface area (Å²) < 4.78 is 17.2. The molecule has 2 aliphatic rings. The van der Waals surface area contributed by atoms with Crippen LogP contribution in [0.25, 0.3) is 0 Å².